The molecule has 0 heterocycles. The Bertz CT molecular complexity index is 1030. The van der Waals surface area contributed by atoms with Crippen molar-refractivity contribution < 1.29 is 14.7 Å². The summed E-state index contributed by atoms with van der Waals surface area (Å²) in [5.74, 6) is -0.332. The van der Waals surface area contributed by atoms with Crippen molar-refractivity contribution in [2.24, 2.45) is 0 Å². The van der Waals surface area contributed by atoms with Gasteiger partial charge in [0, 0.05) is 17.1 Å². The summed E-state index contributed by atoms with van der Waals surface area (Å²) in [6, 6.07) is 21.2. The number of carboxylic acid groups (broad SMARTS) is 1. The van der Waals surface area contributed by atoms with Crippen LogP contribution in [0.2, 0.25) is 0 Å². The number of anilines is 1. The van der Waals surface area contributed by atoms with Crippen LogP contribution in [0.4, 0.5) is 5.69 Å². The third kappa shape index (κ3) is 6.22. The fraction of sp³-hybridized carbons (Fsp3) is 0.167. The molecule has 0 fully saturated rings. The fourth-order valence-electron chi connectivity index (χ4n) is 2.96. The number of fused-ring (bicyclic) bond motifs is 1. The Balaban J connectivity index is 1.37. The molecule has 5 heteroatoms. The first-order valence-corrected chi connectivity index (χ1v) is 10.5. The number of rotatable bonds is 9. The molecule has 0 bridgehead atoms. The van der Waals surface area contributed by atoms with Crippen LogP contribution in [0.5, 0.6) is 0 Å². The van der Waals surface area contributed by atoms with Gasteiger partial charge in [-0.25, -0.2) is 4.79 Å². The van der Waals surface area contributed by atoms with E-state index >= 15 is 0 Å². The average molecular weight is 406 g/mol. The van der Waals surface area contributed by atoms with Crippen molar-refractivity contribution in [3.63, 3.8) is 0 Å². The van der Waals surface area contributed by atoms with E-state index in [-0.39, 0.29) is 11.5 Å². The number of allylic oxidation sites excluding steroid dienone is 1. The van der Waals surface area contributed by atoms with Gasteiger partial charge in [0.05, 0.1) is 11.3 Å². The number of nitrogens with one attached hydrogen (secondary N) is 1. The van der Waals surface area contributed by atoms with E-state index in [1.54, 1.807) is 30.0 Å². The van der Waals surface area contributed by atoms with E-state index in [0.29, 0.717) is 12.1 Å². The Morgan fingerprint density at radius 3 is 2.52 bits per heavy atom. The van der Waals surface area contributed by atoms with Crippen LogP contribution in [0.1, 0.15) is 29.6 Å². The lowest BCUT2D eigenvalue weighted by Gasteiger charge is -2.07. The van der Waals surface area contributed by atoms with Gasteiger partial charge in [0.1, 0.15) is 0 Å². The predicted octanol–water partition coefficient (Wildman–Crippen LogP) is 6.00. The van der Waals surface area contributed by atoms with Crippen LogP contribution in [0, 0.1) is 0 Å². The highest BCUT2D eigenvalue weighted by Gasteiger charge is 2.11. The standard InChI is InChI=1S/C24H23NO3S/c26-23(25-22-12-7-6-11-21(22)24(27)28)13-3-1-2-8-16-29-20-15-14-18-9-4-5-10-19(18)17-20/h2,4-12,14-15,17H,1,3,13,16H2,(H,25,26)(H,27,28)/b8-2+. The Hall–Kier alpha value is -3.05. The van der Waals surface area contributed by atoms with E-state index in [1.165, 1.54) is 21.7 Å². The van der Waals surface area contributed by atoms with Crippen LogP contribution in [0.3, 0.4) is 0 Å². The molecule has 3 aromatic carbocycles. The van der Waals surface area contributed by atoms with Crippen molar-refractivity contribution in [2.75, 3.05) is 11.1 Å². The lowest BCUT2D eigenvalue weighted by Crippen LogP contribution is -2.14. The van der Waals surface area contributed by atoms with Gasteiger partial charge in [0.15, 0.2) is 0 Å². The summed E-state index contributed by atoms with van der Waals surface area (Å²) >= 11 is 1.78. The van der Waals surface area contributed by atoms with E-state index in [9.17, 15) is 9.59 Å². The monoisotopic (exact) mass is 405 g/mol. The first-order valence-electron chi connectivity index (χ1n) is 9.52. The zero-order chi connectivity index (χ0) is 20.5. The van der Waals surface area contributed by atoms with E-state index in [2.05, 4.69) is 47.8 Å². The number of hydrogen-bond acceptors (Lipinski definition) is 3. The van der Waals surface area contributed by atoms with Crippen LogP contribution in [-0.2, 0) is 4.79 Å². The highest BCUT2D eigenvalue weighted by molar-refractivity contribution is 7.99. The molecule has 2 N–H and O–H groups in total. The molecule has 0 saturated carbocycles. The van der Waals surface area contributed by atoms with Gasteiger partial charge in [-0.1, -0.05) is 54.6 Å². The number of benzene rings is 3. The number of amides is 1. The first-order chi connectivity index (χ1) is 14.1. The van der Waals surface area contributed by atoms with Gasteiger partial charge >= 0.3 is 5.97 Å². The molecule has 0 unspecified atom stereocenters. The number of hydrogen-bond donors (Lipinski definition) is 2. The van der Waals surface area contributed by atoms with Gasteiger partial charge in [-0.3, -0.25) is 4.79 Å². The van der Waals surface area contributed by atoms with Gasteiger partial charge in [0.25, 0.3) is 0 Å². The molecule has 0 aliphatic heterocycles. The topological polar surface area (TPSA) is 66.4 Å². The van der Waals surface area contributed by atoms with Gasteiger partial charge in [-0.15, -0.1) is 11.8 Å². The van der Waals surface area contributed by atoms with Gasteiger partial charge in [-0.05, 0) is 47.9 Å². The van der Waals surface area contributed by atoms with Crippen LogP contribution in [0.25, 0.3) is 10.8 Å². The van der Waals surface area contributed by atoms with Crippen molar-refractivity contribution >= 4 is 40.1 Å². The second-order valence-electron chi connectivity index (χ2n) is 6.58. The highest BCUT2D eigenvalue weighted by atomic mass is 32.2. The molecule has 0 spiro atoms. The second-order valence-corrected chi connectivity index (χ2v) is 7.68. The molecule has 0 saturated heterocycles. The molecular weight excluding hydrogens is 382 g/mol. The average Bonchev–Trinajstić information content (AvgIpc) is 2.73. The number of aromatic carboxylic acids is 1. The molecule has 1 amide bonds. The third-order valence-electron chi connectivity index (χ3n) is 4.44. The van der Waals surface area contributed by atoms with E-state index in [0.717, 1.165) is 18.6 Å². The van der Waals surface area contributed by atoms with Crippen molar-refractivity contribution in [2.45, 2.75) is 24.2 Å². The first kappa shape index (κ1) is 20.7. The SMILES string of the molecule is O=C(CCC/C=C/CSc1ccc2ccccc2c1)Nc1ccccc1C(=O)O. The van der Waals surface area contributed by atoms with Gasteiger partial charge < -0.3 is 10.4 Å². The summed E-state index contributed by atoms with van der Waals surface area (Å²) in [6.45, 7) is 0. The minimum absolute atomic E-state index is 0.103. The number of thioether (sulfide) groups is 1. The molecule has 3 aromatic rings. The summed E-state index contributed by atoms with van der Waals surface area (Å²) < 4.78 is 0. The summed E-state index contributed by atoms with van der Waals surface area (Å²) in [5.41, 5.74) is 0.443. The van der Waals surface area contributed by atoms with Crippen molar-refractivity contribution in [1.82, 2.24) is 0 Å². The zero-order valence-electron chi connectivity index (χ0n) is 16.0. The van der Waals surface area contributed by atoms with Crippen molar-refractivity contribution in [3.8, 4) is 0 Å². The maximum absolute atomic E-state index is 12.0. The third-order valence-corrected chi connectivity index (χ3v) is 5.39. The maximum Gasteiger partial charge on any atom is 0.337 e. The Labute approximate surface area is 174 Å². The van der Waals surface area contributed by atoms with Crippen molar-refractivity contribution in [3.05, 3.63) is 84.4 Å². The number of carbonyl (C=O) groups is 2. The molecular formula is C24H23NO3S. The summed E-state index contributed by atoms with van der Waals surface area (Å²) in [4.78, 5) is 24.4. The number of unbranched alkanes of at least 4 members (excludes halogenated alkanes) is 1. The maximum atomic E-state index is 12.0. The summed E-state index contributed by atoms with van der Waals surface area (Å²) in [6.07, 6.45) is 6.10. The Kier molecular flexibility index (Phi) is 7.47. The fourth-order valence-corrected chi connectivity index (χ4v) is 3.76. The van der Waals surface area contributed by atoms with Crippen LogP contribution >= 0.6 is 11.8 Å². The second kappa shape index (κ2) is 10.5. The summed E-state index contributed by atoms with van der Waals surface area (Å²) in [7, 11) is 0. The molecule has 0 aliphatic rings. The van der Waals surface area contributed by atoms with Crippen LogP contribution in [0.15, 0.2) is 83.8 Å². The lowest BCUT2D eigenvalue weighted by molar-refractivity contribution is -0.116. The van der Waals surface area contributed by atoms with E-state index in [1.807, 2.05) is 12.1 Å². The minimum atomic E-state index is -1.05. The lowest BCUT2D eigenvalue weighted by atomic mass is 10.1. The Morgan fingerprint density at radius 2 is 1.69 bits per heavy atom. The van der Waals surface area contributed by atoms with E-state index < -0.39 is 5.97 Å². The highest BCUT2D eigenvalue weighted by Crippen LogP contribution is 2.23. The number of carboxylic acids is 1. The molecule has 0 aromatic heterocycles. The predicted molar refractivity (Wildman–Crippen MR) is 120 cm³/mol. The Morgan fingerprint density at radius 1 is 0.931 bits per heavy atom. The molecule has 0 atom stereocenters. The summed E-state index contributed by atoms with van der Waals surface area (Å²) in [5, 5.41) is 14.3. The largest absolute Gasteiger partial charge is 0.478 e. The minimum Gasteiger partial charge on any atom is -0.478 e. The van der Waals surface area contributed by atoms with Crippen LogP contribution < -0.4 is 5.32 Å². The molecule has 29 heavy (non-hydrogen) atoms. The number of carbonyl (C=O) groups excluding carboxylic acids is 1. The van der Waals surface area contributed by atoms with Crippen LogP contribution in [-0.4, -0.2) is 22.7 Å². The van der Waals surface area contributed by atoms with Crippen molar-refractivity contribution in [1.29, 1.82) is 0 Å². The molecule has 0 aliphatic carbocycles. The zero-order valence-corrected chi connectivity index (χ0v) is 16.8. The molecule has 0 radical (unpaired) electrons. The molecule has 148 valence electrons. The van der Waals surface area contributed by atoms with Gasteiger partial charge in [-0.2, -0.15) is 0 Å². The smallest absolute Gasteiger partial charge is 0.337 e. The quantitative estimate of drug-likeness (QED) is 0.260. The molecule has 4 nitrogen and oxygen atoms in total. The van der Waals surface area contributed by atoms with Gasteiger partial charge in [0.2, 0.25) is 5.91 Å². The molecule has 3 rings (SSSR count). The van der Waals surface area contributed by atoms with E-state index in [4.69, 9.17) is 5.11 Å². The number of para-hydroxylation sites is 1. The normalized spacial score (nSPS) is 11.0.